The predicted molar refractivity (Wildman–Crippen MR) is 129 cm³/mol. The number of carbonyl (C=O) groups is 1. The van der Waals surface area contributed by atoms with Gasteiger partial charge in [-0.05, 0) is 47.5 Å². The van der Waals surface area contributed by atoms with Crippen molar-refractivity contribution in [2.45, 2.75) is 12.5 Å². The molecule has 0 aliphatic carbocycles. The van der Waals surface area contributed by atoms with Crippen molar-refractivity contribution in [3.63, 3.8) is 0 Å². The minimum atomic E-state index is -0.592. The highest BCUT2D eigenvalue weighted by Gasteiger charge is 2.18. The van der Waals surface area contributed by atoms with Crippen molar-refractivity contribution >= 4 is 29.0 Å². The largest absolute Gasteiger partial charge is 0.493 e. The van der Waals surface area contributed by atoms with Gasteiger partial charge in [0.15, 0.2) is 0 Å². The summed E-state index contributed by atoms with van der Waals surface area (Å²) in [5.74, 6) is 1.19. The highest BCUT2D eigenvalue weighted by molar-refractivity contribution is 6.30. The summed E-state index contributed by atoms with van der Waals surface area (Å²) in [6.07, 6.45) is 5.78. The number of nitrogens with zero attached hydrogens (tertiary/aromatic N) is 3. The highest BCUT2D eigenvalue weighted by atomic mass is 35.5. The molecule has 5 rings (SSSR count). The maximum atomic E-state index is 12.8. The van der Waals surface area contributed by atoms with Gasteiger partial charge in [0.05, 0.1) is 24.9 Å². The molecule has 0 spiro atoms. The summed E-state index contributed by atoms with van der Waals surface area (Å²) in [7, 11) is 0. The first-order valence-electron chi connectivity index (χ1n) is 10.8. The number of aliphatic hydroxyl groups is 1. The second-order valence-corrected chi connectivity index (χ2v) is 8.31. The van der Waals surface area contributed by atoms with E-state index in [4.69, 9.17) is 16.3 Å². The molecule has 9 heteroatoms. The summed E-state index contributed by atoms with van der Waals surface area (Å²) in [4.78, 5) is 21.4. The number of hydrogen-bond donors (Lipinski definition) is 3. The van der Waals surface area contributed by atoms with Gasteiger partial charge in [0.2, 0.25) is 0 Å². The third kappa shape index (κ3) is 4.73. The summed E-state index contributed by atoms with van der Waals surface area (Å²) in [5.41, 5.74) is 3.83. The molecule has 3 N–H and O–H groups in total. The number of carbonyl (C=O) groups excluding carboxylic acids is 1. The molecule has 1 atom stereocenters. The molecule has 0 saturated carbocycles. The van der Waals surface area contributed by atoms with Crippen LogP contribution in [0.2, 0.25) is 5.02 Å². The van der Waals surface area contributed by atoms with Crippen LogP contribution in [0.25, 0.3) is 5.69 Å². The molecule has 0 radical (unpaired) electrons. The predicted octanol–water partition coefficient (Wildman–Crippen LogP) is 4.06. The van der Waals surface area contributed by atoms with Crippen LogP contribution in [-0.2, 0) is 6.42 Å². The number of aliphatic hydroxyl groups excluding tert-OH is 1. The third-order valence-electron chi connectivity index (χ3n) is 5.56. The number of pyridine rings is 1. The number of fused-ring (bicyclic) bond motifs is 1. The van der Waals surface area contributed by atoms with Crippen LogP contribution < -0.4 is 15.4 Å². The molecule has 3 heterocycles. The number of imidazole rings is 1. The molecular weight excluding hydrogens is 454 g/mol. The van der Waals surface area contributed by atoms with Crippen LogP contribution in [0, 0.1) is 0 Å². The van der Waals surface area contributed by atoms with Gasteiger partial charge in [-0.3, -0.25) is 4.79 Å². The molecule has 0 saturated heterocycles. The van der Waals surface area contributed by atoms with Gasteiger partial charge >= 0.3 is 0 Å². The zero-order valence-electron chi connectivity index (χ0n) is 18.1. The van der Waals surface area contributed by atoms with Gasteiger partial charge in [0.25, 0.3) is 5.91 Å². The van der Waals surface area contributed by atoms with Crippen LogP contribution in [0.3, 0.4) is 0 Å². The van der Waals surface area contributed by atoms with Crippen molar-refractivity contribution in [1.29, 1.82) is 0 Å². The lowest BCUT2D eigenvalue weighted by Gasteiger charge is -2.16. The molecule has 0 fully saturated rings. The maximum Gasteiger partial charge on any atom is 0.272 e. The van der Waals surface area contributed by atoms with Crippen molar-refractivity contribution in [3.8, 4) is 11.4 Å². The van der Waals surface area contributed by atoms with E-state index in [1.54, 1.807) is 47.6 Å². The Bertz CT molecular complexity index is 1340. The van der Waals surface area contributed by atoms with Gasteiger partial charge in [-0.1, -0.05) is 23.7 Å². The second-order valence-electron chi connectivity index (χ2n) is 7.88. The molecule has 172 valence electrons. The number of halogens is 1. The number of anilines is 2. The lowest BCUT2D eigenvalue weighted by Crippen LogP contribution is -2.31. The van der Waals surface area contributed by atoms with E-state index in [1.165, 1.54) is 5.56 Å². The molecule has 0 bridgehead atoms. The Labute approximate surface area is 201 Å². The fourth-order valence-corrected chi connectivity index (χ4v) is 4.03. The Morgan fingerprint density at radius 2 is 2.09 bits per heavy atom. The molecule has 1 aliphatic heterocycles. The quantitative estimate of drug-likeness (QED) is 0.372. The Balaban J connectivity index is 1.30. The van der Waals surface area contributed by atoms with Gasteiger partial charge < -0.3 is 25.0 Å². The van der Waals surface area contributed by atoms with E-state index in [-0.39, 0.29) is 12.3 Å². The smallest absolute Gasteiger partial charge is 0.272 e. The van der Waals surface area contributed by atoms with Crippen molar-refractivity contribution in [3.05, 3.63) is 95.2 Å². The first-order chi connectivity index (χ1) is 16.6. The van der Waals surface area contributed by atoms with Gasteiger partial charge in [-0.15, -0.1) is 0 Å². The van der Waals surface area contributed by atoms with E-state index >= 15 is 0 Å². The molecule has 4 aromatic rings. The molecule has 1 unspecified atom stereocenters. The summed E-state index contributed by atoms with van der Waals surface area (Å²) in [6, 6.07) is 16.1. The normalized spacial score (nSPS) is 13.1. The van der Waals surface area contributed by atoms with Crippen LogP contribution in [0.5, 0.6) is 5.75 Å². The molecule has 2 aromatic heterocycles. The number of aromatic nitrogens is 3. The Kier molecular flexibility index (Phi) is 6.16. The van der Waals surface area contributed by atoms with Gasteiger partial charge in [-0.2, -0.15) is 0 Å². The summed E-state index contributed by atoms with van der Waals surface area (Å²) in [6.45, 7) is 0.447. The summed E-state index contributed by atoms with van der Waals surface area (Å²) < 4.78 is 7.30. The lowest BCUT2D eigenvalue weighted by molar-refractivity contribution is 0.0911. The average Bonchev–Trinajstić information content (AvgIpc) is 3.52. The summed E-state index contributed by atoms with van der Waals surface area (Å²) in [5, 5.41) is 16.4. The minimum absolute atomic E-state index is 0.227. The van der Waals surface area contributed by atoms with Crippen molar-refractivity contribution in [1.82, 2.24) is 19.9 Å². The molecule has 8 nitrogen and oxygen atoms in total. The number of nitrogens with one attached hydrogen (secondary N) is 2. The zero-order chi connectivity index (χ0) is 23.5. The topological polar surface area (TPSA) is 101 Å². The molecule has 2 aromatic carbocycles. The molecular formula is C25H22ClN5O3. The minimum Gasteiger partial charge on any atom is -0.493 e. The van der Waals surface area contributed by atoms with Crippen LogP contribution >= 0.6 is 11.6 Å². The van der Waals surface area contributed by atoms with Crippen molar-refractivity contribution < 1.29 is 14.6 Å². The van der Waals surface area contributed by atoms with Gasteiger partial charge in [-0.25, -0.2) is 9.97 Å². The van der Waals surface area contributed by atoms with Crippen molar-refractivity contribution in [2.24, 2.45) is 0 Å². The van der Waals surface area contributed by atoms with Gasteiger partial charge in [0, 0.05) is 35.6 Å². The van der Waals surface area contributed by atoms with E-state index in [1.807, 2.05) is 24.3 Å². The number of ether oxygens (including phenoxy) is 1. The van der Waals surface area contributed by atoms with Crippen LogP contribution in [0.1, 0.15) is 27.7 Å². The monoisotopic (exact) mass is 475 g/mol. The molecule has 34 heavy (non-hydrogen) atoms. The Hall–Kier alpha value is -3.88. The van der Waals surface area contributed by atoms with Crippen LogP contribution in [0.15, 0.2) is 73.3 Å². The number of amides is 1. The SMILES string of the molecule is O=C(NC(CO)c1cccc(Cl)c1)c1cn(-c2ccnc(Nc3ccc4c(c3)CCO4)c2)cn1. The highest BCUT2D eigenvalue weighted by Crippen LogP contribution is 2.29. The molecule has 1 amide bonds. The second kappa shape index (κ2) is 9.54. The van der Waals surface area contributed by atoms with E-state index in [9.17, 15) is 9.90 Å². The first kappa shape index (κ1) is 21.9. The van der Waals surface area contributed by atoms with E-state index in [0.717, 1.165) is 23.5 Å². The van der Waals surface area contributed by atoms with E-state index < -0.39 is 11.9 Å². The number of benzene rings is 2. The Morgan fingerprint density at radius 3 is 2.94 bits per heavy atom. The van der Waals surface area contributed by atoms with Gasteiger partial charge in [0.1, 0.15) is 23.6 Å². The zero-order valence-corrected chi connectivity index (χ0v) is 18.9. The molecule has 1 aliphatic rings. The lowest BCUT2D eigenvalue weighted by atomic mass is 10.1. The van der Waals surface area contributed by atoms with E-state index in [2.05, 4.69) is 26.7 Å². The first-order valence-corrected chi connectivity index (χ1v) is 11.2. The fourth-order valence-electron chi connectivity index (χ4n) is 3.83. The average molecular weight is 476 g/mol. The fraction of sp³-hybridized carbons (Fsp3) is 0.160. The van der Waals surface area contributed by atoms with E-state index in [0.29, 0.717) is 23.0 Å². The summed E-state index contributed by atoms with van der Waals surface area (Å²) >= 11 is 6.03. The standard InChI is InChI=1S/C25H22ClN5O3/c26-18-3-1-2-16(10-18)22(14-32)30-25(33)21-13-31(15-28-21)20-6-8-27-24(12-20)29-19-4-5-23-17(11-19)7-9-34-23/h1-6,8,10-13,15,22,32H,7,9,14H2,(H,27,29)(H,30,33). The number of hydrogen-bond acceptors (Lipinski definition) is 6. The van der Waals surface area contributed by atoms with Crippen LogP contribution in [-0.4, -0.2) is 38.8 Å². The van der Waals surface area contributed by atoms with Crippen molar-refractivity contribution in [2.75, 3.05) is 18.5 Å². The third-order valence-corrected chi connectivity index (χ3v) is 5.79. The maximum absolute atomic E-state index is 12.8. The Morgan fingerprint density at radius 1 is 1.18 bits per heavy atom. The number of rotatable bonds is 7. The van der Waals surface area contributed by atoms with Crippen LogP contribution in [0.4, 0.5) is 11.5 Å².